The number of rotatable bonds is 5. The summed E-state index contributed by atoms with van der Waals surface area (Å²) in [7, 11) is 3.94. The smallest absolute Gasteiger partial charge is 0.362 e. The minimum absolute atomic E-state index is 0.0255. The fraction of sp³-hybridized carbons (Fsp3) is 0.560. The van der Waals surface area contributed by atoms with Crippen molar-refractivity contribution in [2.75, 3.05) is 29.6 Å². The van der Waals surface area contributed by atoms with Gasteiger partial charge in [-0.1, -0.05) is 0 Å². The van der Waals surface area contributed by atoms with Crippen LogP contribution in [0.1, 0.15) is 60.9 Å². The maximum absolute atomic E-state index is 13.1. The largest absolute Gasteiger partial charge is 0.416 e. The third kappa shape index (κ3) is 6.97. The second kappa shape index (κ2) is 11.1. The van der Waals surface area contributed by atoms with Crippen LogP contribution in [0.25, 0.3) is 0 Å². The molecule has 0 saturated heterocycles. The van der Waals surface area contributed by atoms with Crippen molar-refractivity contribution in [3.05, 3.63) is 40.6 Å². The predicted octanol–water partition coefficient (Wildman–Crippen LogP) is 6.17. The number of anilines is 3. The van der Waals surface area contributed by atoms with Crippen LogP contribution in [0.3, 0.4) is 0 Å². The van der Waals surface area contributed by atoms with E-state index < -0.39 is 23.5 Å². The van der Waals surface area contributed by atoms with Crippen LogP contribution < -0.4 is 20.9 Å². The highest BCUT2D eigenvalue weighted by atomic mass is 32.1. The van der Waals surface area contributed by atoms with Gasteiger partial charge in [0.2, 0.25) is 5.95 Å². The van der Waals surface area contributed by atoms with Crippen LogP contribution in [0.4, 0.5) is 43.8 Å². The Balaban J connectivity index is 1.34. The van der Waals surface area contributed by atoms with E-state index in [-0.39, 0.29) is 28.9 Å². The summed E-state index contributed by atoms with van der Waals surface area (Å²) < 4.78 is 78.7. The number of halogens is 6. The zero-order chi connectivity index (χ0) is 27.7. The Bertz CT molecular complexity index is 1130. The van der Waals surface area contributed by atoms with Gasteiger partial charge in [-0.3, -0.25) is 0 Å². The second-order valence-electron chi connectivity index (χ2n) is 9.98. The van der Waals surface area contributed by atoms with Crippen LogP contribution in [0.5, 0.6) is 0 Å². The lowest BCUT2D eigenvalue weighted by Crippen LogP contribution is -2.42. The summed E-state index contributed by atoms with van der Waals surface area (Å²) in [5.41, 5.74) is -0.866. The summed E-state index contributed by atoms with van der Waals surface area (Å²) in [5.74, 6) is 1.54. The first-order valence-electron chi connectivity index (χ1n) is 12.5. The zero-order valence-corrected chi connectivity index (χ0v) is 21.9. The molecule has 208 valence electrons. The Morgan fingerprint density at radius 1 is 0.868 bits per heavy atom. The molecule has 1 fully saturated rings. The van der Waals surface area contributed by atoms with Gasteiger partial charge in [0.25, 0.3) is 0 Å². The molecule has 0 atom stereocenters. The van der Waals surface area contributed by atoms with Crippen LogP contribution in [0.15, 0.2) is 18.2 Å². The molecule has 2 aliphatic carbocycles. The standard InChI is InChI=1S/C25H30F6N6S/c1-37(2)21-19-5-3-4-6-20(19)35-22(36-21)32-16-7-9-17(10-8-16)33-23(38)34-18-12-14(24(26,27)28)11-15(13-18)25(29,30)31/h11-13,16-17H,3-10H2,1-2H3,(H,32,35,36)(H2,33,34,38). The van der Waals surface area contributed by atoms with Crippen molar-refractivity contribution in [2.45, 2.75) is 75.8 Å². The highest BCUT2D eigenvalue weighted by Crippen LogP contribution is 2.37. The van der Waals surface area contributed by atoms with Crippen molar-refractivity contribution in [2.24, 2.45) is 0 Å². The van der Waals surface area contributed by atoms with Gasteiger partial charge in [-0.2, -0.15) is 31.3 Å². The van der Waals surface area contributed by atoms with E-state index in [0.717, 1.165) is 50.0 Å². The maximum atomic E-state index is 13.1. The Morgan fingerprint density at radius 2 is 1.45 bits per heavy atom. The number of aryl methyl sites for hydroxylation is 1. The molecular formula is C25H30F6N6S. The summed E-state index contributed by atoms with van der Waals surface area (Å²) in [5, 5.41) is 8.93. The van der Waals surface area contributed by atoms with Crippen molar-refractivity contribution < 1.29 is 26.3 Å². The molecule has 1 aromatic carbocycles. The third-order valence-electron chi connectivity index (χ3n) is 6.83. The minimum Gasteiger partial charge on any atom is -0.362 e. The zero-order valence-electron chi connectivity index (χ0n) is 21.1. The monoisotopic (exact) mass is 560 g/mol. The first-order valence-corrected chi connectivity index (χ1v) is 12.9. The van der Waals surface area contributed by atoms with Crippen molar-refractivity contribution in [3.8, 4) is 0 Å². The van der Waals surface area contributed by atoms with Gasteiger partial charge in [-0.25, -0.2) is 4.98 Å². The third-order valence-corrected chi connectivity index (χ3v) is 7.05. The average Bonchev–Trinajstić information content (AvgIpc) is 2.83. The van der Waals surface area contributed by atoms with Crippen LogP contribution >= 0.6 is 12.2 Å². The molecule has 0 aliphatic heterocycles. The number of hydrogen-bond acceptors (Lipinski definition) is 5. The molecule has 38 heavy (non-hydrogen) atoms. The van der Waals surface area contributed by atoms with Gasteiger partial charge >= 0.3 is 12.4 Å². The van der Waals surface area contributed by atoms with Crippen molar-refractivity contribution >= 4 is 34.8 Å². The van der Waals surface area contributed by atoms with E-state index in [0.29, 0.717) is 30.9 Å². The molecule has 0 bridgehead atoms. The fourth-order valence-corrected chi connectivity index (χ4v) is 5.24. The number of benzene rings is 1. The highest BCUT2D eigenvalue weighted by Gasteiger charge is 2.37. The second-order valence-corrected chi connectivity index (χ2v) is 10.4. The SMILES string of the molecule is CN(C)c1nc(NC2CCC(NC(=S)Nc3cc(C(F)(F)F)cc(C(F)(F)F)c3)CC2)nc2c1CCCC2. The number of aromatic nitrogens is 2. The maximum Gasteiger partial charge on any atom is 0.416 e. The molecule has 1 aromatic heterocycles. The van der Waals surface area contributed by atoms with Crippen LogP contribution in [0, 0.1) is 0 Å². The van der Waals surface area contributed by atoms with E-state index in [1.165, 1.54) is 5.56 Å². The lowest BCUT2D eigenvalue weighted by atomic mass is 9.91. The Labute approximate surface area is 222 Å². The molecule has 0 radical (unpaired) electrons. The topological polar surface area (TPSA) is 65.1 Å². The molecule has 1 heterocycles. The fourth-order valence-electron chi connectivity index (χ4n) is 4.95. The summed E-state index contributed by atoms with van der Waals surface area (Å²) >= 11 is 5.20. The van der Waals surface area contributed by atoms with Crippen molar-refractivity contribution in [3.63, 3.8) is 0 Å². The van der Waals surface area contributed by atoms with Crippen molar-refractivity contribution in [1.82, 2.24) is 15.3 Å². The van der Waals surface area contributed by atoms with E-state index in [4.69, 9.17) is 22.2 Å². The van der Waals surface area contributed by atoms with Crippen LogP contribution in [-0.4, -0.2) is 41.3 Å². The molecule has 1 saturated carbocycles. The van der Waals surface area contributed by atoms with Gasteiger partial charge in [0.15, 0.2) is 5.11 Å². The van der Waals surface area contributed by atoms with Gasteiger partial charge in [0.05, 0.1) is 16.8 Å². The number of fused-ring (bicyclic) bond motifs is 1. The highest BCUT2D eigenvalue weighted by molar-refractivity contribution is 7.80. The van der Waals surface area contributed by atoms with Crippen LogP contribution in [-0.2, 0) is 25.2 Å². The molecule has 13 heteroatoms. The number of nitrogens with zero attached hydrogens (tertiary/aromatic N) is 3. The number of alkyl halides is 6. The first-order chi connectivity index (χ1) is 17.8. The first kappa shape index (κ1) is 28.2. The van der Waals surface area contributed by atoms with E-state index in [1.54, 1.807) is 0 Å². The number of hydrogen-bond donors (Lipinski definition) is 3. The molecule has 0 amide bonds. The summed E-state index contributed by atoms with van der Waals surface area (Å²) in [6.07, 6.45) is -2.71. The average molecular weight is 561 g/mol. The Kier molecular flexibility index (Phi) is 8.24. The molecule has 2 aromatic rings. The summed E-state index contributed by atoms with van der Waals surface area (Å²) in [4.78, 5) is 11.5. The van der Waals surface area contributed by atoms with Crippen molar-refractivity contribution in [1.29, 1.82) is 0 Å². The van der Waals surface area contributed by atoms with E-state index in [1.807, 2.05) is 19.0 Å². The lowest BCUT2D eigenvalue weighted by molar-refractivity contribution is -0.143. The molecule has 6 nitrogen and oxygen atoms in total. The van der Waals surface area contributed by atoms with E-state index in [2.05, 4.69) is 16.0 Å². The summed E-state index contributed by atoms with van der Waals surface area (Å²) in [6, 6.07) is 1.39. The normalized spacial score (nSPS) is 19.9. The number of thiocarbonyl (C=S) groups is 1. The quantitative estimate of drug-likeness (QED) is 0.299. The molecule has 2 aliphatic rings. The molecule has 4 rings (SSSR count). The van der Waals surface area contributed by atoms with E-state index >= 15 is 0 Å². The molecule has 3 N–H and O–H groups in total. The predicted molar refractivity (Wildman–Crippen MR) is 138 cm³/mol. The Morgan fingerprint density at radius 3 is 2.03 bits per heavy atom. The van der Waals surface area contributed by atoms with Gasteiger partial charge in [0, 0.05) is 37.4 Å². The van der Waals surface area contributed by atoms with Gasteiger partial charge < -0.3 is 20.9 Å². The van der Waals surface area contributed by atoms with E-state index in [9.17, 15) is 26.3 Å². The summed E-state index contributed by atoms with van der Waals surface area (Å²) in [6.45, 7) is 0. The Hall–Kier alpha value is -2.83. The lowest BCUT2D eigenvalue weighted by Gasteiger charge is -2.31. The van der Waals surface area contributed by atoms with Crippen LogP contribution in [0.2, 0.25) is 0 Å². The molecule has 0 spiro atoms. The minimum atomic E-state index is -4.92. The van der Waals surface area contributed by atoms with Gasteiger partial charge in [-0.15, -0.1) is 0 Å². The van der Waals surface area contributed by atoms with Gasteiger partial charge in [-0.05, 0) is 81.8 Å². The molecule has 0 unspecified atom stereocenters. The number of nitrogens with one attached hydrogen (secondary N) is 3. The van der Waals surface area contributed by atoms with Gasteiger partial charge in [0.1, 0.15) is 5.82 Å². The molecular weight excluding hydrogens is 530 g/mol.